The van der Waals surface area contributed by atoms with Crippen molar-refractivity contribution in [2.75, 3.05) is 13.1 Å². The lowest BCUT2D eigenvalue weighted by atomic mass is 9.96. The first-order valence-corrected chi connectivity index (χ1v) is 9.93. The number of aromatic nitrogens is 4. The minimum absolute atomic E-state index is 0.179. The fourth-order valence-electron chi connectivity index (χ4n) is 3.88. The van der Waals surface area contributed by atoms with Crippen molar-refractivity contribution in [3.8, 4) is 0 Å². The van der Waals surface area contributed by atoms with E-state index in [-0.39, 0.29) is 23.3 Å². The van der Waals surface area contributed by atoms with Gasteiger partial charge in [0, 0.05) is 24.7 Å². The highest BCUT2D eigenvalue weighted by molar-refractivity contribution is 5.92. The van der Waals surface area contributed by atoms with Crippen LogP contribution >= 0.6 is 0 Å². The van der Waals surface area contributed by atoms with Crippen molar-refractivity contribution in [1.82, 2.24) is 24.8 Å². The number of imidazole rings is 1. The summed E-state index contributed by atoms with van der Waals surface area (Å²) in [5, 5.41) is 0. The highest BCUT2D eigenvalue weighted by atomic mass is 19.1. The molecule has 8 heteroatoms. The van der Waals surface area contributed by atoms with Crippen LogP contribution in [0.3, 0.4) is 0 Å². The lowest BCUT2D eigenvalue weighted by Gasteiger charge is -2.31. The number of rotatable bonds is 4. The maximum Gasteiger partial charge on any atom is 0.345 e. The molecule has 1 amide bonds. The fraction of sp³-hybridized carbons (Fsp3) is 0.429. The molecule has 152 valence electrons. The van der Waals surface area contributed by atoms with E-state index < -0.39 is 5.69 Å². The van der Waals surface area contributed by atoms with Crippen LogP contribution in [-0.2, 0) is 6.42 Å². The second-order valence-corrected chi connectivity index (χ2v) is 8.04. The normalized spacial score (nSPS) is 15.4. The molecule has 3 heterocycles. The van der Waals surface area contributed by atoms with E-state index in [2.05, 4.69) is 33.8 Å². The molecular formula is C21H24FN5O2. The number of H-pyrrole nitrogens is 2. The van der Waals surface area contributed by atoms with Gasteiger partial charge in [0.1, 0.15) is 17.3 Å². The van der Waals surface area contributed by atoms with Crippen LogP contribution in [-0.4, -0.2) is 43.8 Å². The van der Waals surface area contributed by atoms with E-state index in [1.54, 1.807) is 17.0 Å². The van der Waals surface area contributed by atoms with E-state index in [4.69, 9.17) is 0 Å². The van der Waals surface area contributed by atoms with Crippen LogP contribution in [0.2, 0.25) is 0 Å². The first-order valence-electron chi connectivity index (χ1n) is 9.93. The minimum atomic E-state index is -0.490. The molecule has 0 atom stereocenters. The number of benzene rings is 1. The number of fused-ring (bicyclic) bond motifs is 1. The van der Waals surface area contributed by atoms with Crippen molar-refractivity contribution in [2.45, 2.75) is 39.0 Å². The number of hydrogen-bond acceptors (Lipinski definition) is 4. The smallest absolute Gasteiger partial charge is 0.342 e. The zero-order valence-electron chi connectivity index (χ0n) is 16.5. The van der Waals surface area contributed by atoms with Crippen LogP contribution in [0.5, 0.6) is 0 Å². The number of aromatic amines is 2. The number of hydrogen-bond donors (Lipinski definition) is 2. The number of carbonyl (C=O) groups is 1. The summed E-state index contributed by atoms with van der Waals surface area (Å²) >= 11 is 0. The Morgan fingerprint density at radius 2 is 1.97 bits per heavy atom. The summed E-state index contributed by atoms with van der Waals surface area (Å²) in [7, 11) is 0. The Hall–Kier alpha value is -3.03. The summed E-state index contributed by atoms with van der Waals surface area (Å²) < 4.78 is 13.4. The maximum atomic E-state index is 13.4. The van der Waals surface area contributed by atoms with Gasteiger partial charge in [-0.3, -0.25) is 4.79 Å². The van der Waals surface area contributed by atoms with Crippen molar-refractivity contribution in [3.05, 3.63) is 57.8 Å². The molecule has 0 aliphatic carbocycles. The second-order valence-electron chi connectivity index (χ2n) is 8.04. The molecule has 2 N–H and O–H groups in total. The third-order valence-electron chi connectivity index (χ3n) is 5.28. The van der Waals surface area contributed by atoms with E-state index >= 15 is 0 Å². The van der Waals surface area contributed by atoms with Crippen LogP contribution < -0.4 is 5.69 Å². The van der Waals surface area contributed by atoms with Crippen LogP contribution in [0.15, 0.2) is 29.1 Å². The summed E-state index contributed by atoms with van der Waals surface area (Å²) in [5.74, 6) is 0.856. The van der Waals surface area contributed by atoms with Crippen molar-refractivity contribution in [2.24, 2.45) is 5.92 Å². The zero-order valence-corrected chi connectivity index (χ0v) is 16.5. The highest BCUT2D eigenvalue weighted by Gasteiger charge is 2.27. The number of nitrogens with one attached hydrogen (secondary N) is 2. The molecule has 29 heavy (non-hydrogen) atoms. The second kappa shape index (κ2) is 7.77. The molecule has 1 fully saturated rings. The maximum absolute atomic E-state index is 13.4. The van der Waals surface area contributed by atoms with Crippen molar-refractivity contribution < 1.29 is 9.18 Å². The van der Waals surface area contributed by atoms with Crippen LogP contribution in [0.1, 0.15) is 54.6 Å². The Kier molecular flexibility index (Phi) is 5.17. The van der Waals surface area contributed by atoms with Gasteiger partial charge < -0.3 is 14.9 Å². The summed E-state index contributed by atoms with van der Waals surface area (Å²) in [6.45, 7) is 5.22. The van der Waals surface area contributed by atoms with E-state index in [0.29, 0.717) is 30.9 Å². The highest BCUT2D eigenvalue weighted by Crippen LogP contribution is 2.28. The fourth-order valence-corrected chi connectivity index (χ4v) is 3.88. The molecule has 0 spiro atoms. The molecule has 0 bridgehead atoms. The number of likely N-dealkylation sites (tertiary alicyclic amines) is 1. The Bertz CT molecular complexity index is 1100. The number of nitrogens with zero attached hydrogens (tertiary/aromatic N) is 3. The van der Waals surface area contributed by atoms with Gasteiger partial charge in [-0.05, 0) is 49.4 Å². The Morgan fingerprint density at radius 3 is 2.69 bits per heavy atom. The summed E-state index contributed by atoms with van der Waals surface area (Å²) in [6, 6.07) is 6.19. The number of halogens is 1. The van der Waals surface area contributed by atoms with Crippen LogP contribution in [0.4, 0.5) is 4.39 Å². The Morgan fingerprint density at radius 1 is 1.21 bits per heavy atom. The standard InChI is InChI=1S/C21H24FN5O2/c1-12(2)9-15-11-18(26-21(29)23-15)20(28)27-7-5-13(6-8-27)19-24-16-4-3-14(22)10-17(16)25-19/h3-4,10-13H,5-9H2,1-2H3,(H,24,25)(H,23,26,29). The molecule has 3 aromatic rings. The summed E-state index contributed by atoms with van der Waals surface area (Å²) in [4.78, 5) is 40.8. The van der Waals surface area contributed by atoms with Gasteiger partial charge in [0.2, 0.25) is 0 Å². The lowest BCUT2D eigenvalue weighted by Crippen LogP contribution is -2.39. The largest absolute Gasteiger partial charge is 0.345 e. The first kappa shape index (κ1) is 19.3. The Labute approximate surface area is 167 Å². The molecule has 1 aliphatic rings. The molecule has 2 aromatic heterocycles. The molecule has 1 saturated heterocycles. The zero-order chi connectivity index (χ0) is 20.5. The molecule has 0 saturated carbocycles. The van der Waals surface area contributed by atoms with Crippen molar-refractivity contribution in [3.63, 3.8) is 0 Å². The predicted molar refractivity (Wildman–Crippen MR) is 107 cm³/mol. The van der Waals surface area contributed by atoms with Gasteiger partial charge in [0.05, 0.1) is 11.0 Å². The Balaban J connectivity index is 1.45. The summed E-state index contributed by atoms with van der Waals surface area (Å²) in [6.07, 6.45) is 2.18. The molecular weight excluding hydrogens is 373 g/mol. The number of carbonyl (C=O) groups excluding carboxylic acids is 1. The monoisotopic (exact) mass is 397 g/mol. The van der Waals surface area contributed by atoms with Crippen molar-refractivity contribution in [1.29, 1.82) is 0 Å². The number of amides is 1. The van der Waals surface area contributed by atoms with Crippen LogP contribution in [0.25, 0.3) is 11.0 Å². The molecule has 0 unspecified atom stereocenters. The summed E-state index contributed by atoms with van der Waals surface area (Å²) in [5.41, 5.74) is 1.86. The molecule has 7 nitrogen and oxygen atoms in total. The lowest BCUT2D eigenvalue weighted by molar-refractivity contribution is 0.0704. The topological polar surface area (TPSA) is 94.7 Å². The van der Waals surface area contributed by atoms with Crippen molar-refractivity contribution >= 4 is 16.9 Å². The van der Waals surface area contributed by atoms with Gasteiger partial charge >= 0.3 is 5.69 Å². The molecule has 1 aromatic carbocycles. The average Bonchev–Trinajstić information content (AvgIpc) is 3.09. The third kappa shape index (κ3) is 4.21. The minimum Gasteiger partial charge on any atom is -0.342 e. The van der Waals surface area contributed by atoms with E-state index in [1.807, 2.05) is 0 Å². The third-order valence-corrected chi connectivity index (χ3v) is 5.28. The SMILES string of the molecule is CC(C)Cc1cc(C(=O)N2CCC(c3nc4ccc(F)cc4[nH]3)CC2)nc(=O)[nH]1. The van der Waals surface area contributed by atoms with E-state index in [1.165, 1.54) is 12.1 Å². The van der Waals surface area contributed by atoms with E-state index in [9.17, 15) is 14.0 Å². The quantitative estimate of drug-likeness (QED) is 0.708. The van der Waals surface area contributed by atoms with Gasteiger partial charge in [-0.1, -0.05) is 13.8 Å². The number of piperidine rings is 1. The van der Waals surface area contributed by atoms with Gasteiger partial charge in [0.25, 0.3) is 5.91 Å². The predicted octanol–water partition coefficient (Wildman–Crippen LogP) is 3.00. The van der Waals surface area contributed by atoms with Gasteiger partial charge in [-0.25, -0.2) is 14.2 Å². The van der Waals surface area contributed by atoms with Gasteiger partial charge in [-0.2, -0.15) is 4.98 Å². The van der Waals surface area contributed by atoms with Gasteiger partial charge in [0.15, 0.2) is 0 Å². The van der Waals surface area contributed by atoms with E-state index in [0.717, 1.165) is 29.9 Å². The average molecular weight is 397 g/mol. The molecule has 1 aliphatic heterocycles. The molecule has 0 radical (unpaired) electrons. The van der Waals surface area contributed by atoms with Crippen LogP contribution in [0, 0.1) is 11.7 Å². The molecule has 4 rings (SSSR count). The van der Waals surface area contributed by atoms with Gasteiger partial charge in [-0.15, -0.1) is 0 Å². The first-order chi connectivity index (χ1) is 13.9.